The van der Waals surface area contributed by atoms with Gasteiger partial charge in [-0.2, -0.15) is 0 Å². The van der Waals surface area contributed by atoms with Gasteiger partial charge in [-0.05, 0) is 50.8 Å². The summed E-state index contributed by atoms with van der Waals surface area (Å²) in [5.74, 6) is 0.842. The van der Waals surface area contributed by atoms with E-state index in [0.717, 1.165) is 43.9 Å². The first-order valence-electron chi connectivity index (χ1n) is 10.3. The Morgan fingerprint density at radius 1 is 1.11 bits per heavy atom. The van der Waals surface area contributed by atoms with Crippen LogP contribution < -0.4 is 4.74 Å². The molecule has 2 atom stereocenters. The predicted molar refractivity (Wildman–Crippen MR) is 113 cm³/mol. The molecule has 152 valence electrons. The molecule has 2 aromatic carbocycles. The quantitative estimate of drug-likeness (QED) is 0.710. The topological polar surface area (TPSA) is 41.9 Å². The molecule has 0 radical (unpaired) electrons. The first-order chi connectivity index (χ1) is 13.5. The zero-order chi connectivity index (χ0) is 19.9. The highest BCUT2D eigenvalue weighted by Gasteiger charge is 2.21. The Labute approximate surface area is 169 Å². The lowest BCUT2D eigenvalue weighted by Crippen LogP contribution is -2.39. The second kappa shape index (κ2) is 10.1. The van der Waals surface area contributed by atoms with E-state index in [1.807, 2.05) is 19.1 Å². The van der Waals surface area contributed by atoms with Crippen molar-refractivity contribution in [2.24, 2.45) is 0 Å². The largest absolute Gasteiger partial charge is 0.491 e. The van der Waals surface area contributed by atoms with Crippen LogP contribution >= 0.6 is 0 Å². The minimum Gasteiger partial charge on any atom is -0.491 e. The molecular formula is C24H33NO3. The van der Waals surface area contributed by atoms with Gasteiger partial charge >= 0.3 is 0 Å². The van der Waals surface area contributed by atoms with E-state index in [2.05, 4.69) is 49.1 Å². The van der Waals surface area contributed by atoms with Crippen molar-refractivity contribution in [1.29, 1.82) is 0 Å². The van der Waals surface area contributed by atoms with Crippen molar-refractivity contribution in [3.63, 3.8) is 0 Å². The van der Waals surface area contributed by atoms with Gasteiger partial charge in [0, 0.05) is 26.2 Å². The number of aryl methyl sites for hydroxylation is 3. The van der Waals surface area contributed by atoms with Gasteiger partial charge in [-0.25, -0.2) is 0 Å². The summed E-state index contributed by atoms with van der Waals surface area (Å²) in [4.78, 5) is 2.29. The molecule has 28 heavy (non-hydrogen) atoms. The lowest BCUT2D eigenvalue weighted by Gasteiger charge is -2.27. The van der Waals surface area contributed by atoms with Gasteiger partial charge in [0.2, 0.25) is 0 Å². The Morgan fingerprint density at radius 3 is 2.54 bits per heavy atom. The Balaban J connectivity index is 1.57. The summed E-state index contributed by atoms with van der Waals surface area (Å²) in [5.41, 5.74) is 4.83. The Morgan fingerprint density at radius 2 is 1.86 bits per heavy atom. The van der Waals surface area contributed by atoms with Crippen LogP contribution in [-0.4, -0.2) is 48.5 Å². The van der Waals surface area contributed by atoms with Crippen molar-refractivity contribution in [2.75, 3.05) is 26.3 Å². The highest BCUT2D eigenvalue weighted by atomic mass is 16.5. The molecule has 0 bridgehead atoms. The molecular weight excluding hydrogens is 350 g/mol. The highest BCUT2D eigenvalue weighted by Crippen LogP contribution is 2.19. The van der Waals surface area contributed by atoms with Crippen LogP contribution in [0.2, 0.25) is 0 Å². The normalized spacial score (nSPS) is 17.8. The maximum absolute atomic E-state index is 10.6. The summed E-state index contributed by atoms with van der Waals surface area (Å²) in [7, 11) is 0. The summed E-state index contributed by atoms with van der Waals surface area (Å²) >= 11 is 0. The number of aliphatic hydroxyl groups excluding tert-OH is 1. The molecule has 0 aromatic heterocycles. The van der Waals surface area contributed by atoms with Gasteiger partial charge in [0.1, 0.15) is 18.5 Å². The van der Waals surface area contributed by atoms with Crippen LogP contribution in [0.4, 0.5) is 0 Å². The van der Waals surface area contributed by atoms with Crippen LogP contribution in [0.1, 0.15) is 35.1 Å². The molecule has 0 saturated carbocycles. The van der Waals surface area contributed by atoms with Crippen LogP contribution in [0.5, 0.6) is 5.75 Å². The van der Waals surface area contributed by atoms with Gasteiger partial charge < -0.3 is 14.6 Å². The highest BCUT2D eigenvalue weighted by molar-refractivity contribution is 5.35. The lowest BCUT2D eigenvalue weighted by molar-refractivity contribution is 0.0313. The Kier molecular flexibility index (Phi) is 7.49. The summed E-state index contributed by atoms with van der Waals surface area (Å²) in [6.45, 7) is 9.56. The van der Waals surface area contributed by atoms with Crippen molar-refractivity contribution in [3.8, 4) is 5.75 Å². The number of rotatable bonds is 9. The van der Waals surface area contributed by atoms with E-state index in [-0.39, 0.29) is 6.10 Å². The molecule has 0 amide bonds. The second-order valence-corrected chi connectivity index (χ2v) is 8.05. The maximum atomic E-state index is 10.6. The molecule has 1 aliphatic heterocycles. The van der Waals surface area contributed by atoms with Gasteiger partial charge in [0.05, 0.1) is 6.10 Å². The van der Waals surface area contributed by atoms with Gasteiger partial charge in [0.15, 0.2) is 0 Å². The molecule has 2 aromatic rings. The van der Waals surface area contributed by atoms with Crippen LogP contribution in [-0.2, 0) is 11.3 Å². The summed E-state index contributed by atoms with van der Waals surface area (Å²) in [6.07, 6.45) is 1.94. The average molecular weight is 384 g/mol. The standard InChI is InChI=1S/C24H33NO3/c1-18-6-9-21(10-7-18)14-25(16-23-5-4-12-27-23)15-22(26)17-28-24-11-8-19(2)13-20(24)3/h6-11,13,22-23,26H,4-5,12,14-17H2,1-3H3. The zero-order valence-corrected chi connectivity index (χ0v) is 17.4. The van der Waals surface area contributed by atoms with E-state index in [1.54, 1.807) is 0 Å². The number of ether oxygens (including phenoxy) is 2. The molecule has 1 aliphatic rings. The molecule has 2 unspecified atom stereocenters. The number of benzene rings is 2. The molecule has 3 rings (SSSR count). The van der Waals surface area contributed by atoms with Gasteiger partial charge in [-0.3, -0.25) is 4.90 Å². The minimum atomic E-state index is -0.549. The van der Waals surface area contributed by atoms with Crippen LogP contribution in [0.3, 0.4) is 0 Å². The lowest BCUT2D eigenvalue weighted by atomic mass is 10.1. The second-order valence-electron chi connectivity index (χ2n) is 8.05. The summed E-state index contributed by atoms with van der Waals surface area (Å²) in [5, 5.41) is 10.6. The smallest absolute Gasteiger partial charge is 0.122 e. The van der Waals surface area contributed by atoms with Crippen LogP contribution in [0.15, 0.2) is 42.5 Å². The van der Waals surface area contributed by atoms with Crippen LogP contribution in [0.25, 0.3) is 0 Å². The van der Waals surface area contributed by atoms with E-state index in [1.165, 1.54) is 16.7 Å². The van der Waals surface area contributed by atoms with Crippen molar-refractivity contribution in [3.05, 3.63) is 64.7 Å². The van der Waals surface area contributed by atoms with E-state index in [0.29, 0.717) is 13.2 Å². The van der Waals surface area contributed by atoms with E-state index in [4.69, 9.17) is 9.47 Å². The third kappa shape index (κ3) is 6.33. The Hall–Kier alpha value is -1.88. The monoisotopic (exact) mass is 383 g/mol. The fourth-order valence-electron chi connectivity index (χ4n) is 3.73. The predicted octanol–water partition coefficient (Wildman–Crippen LogP) is 4.03. The Bertz CT molecular complexity index is 738. The molecule has 1 saturated heterocycles. The van der Waals surface area contributed by atoms with E-state index in [9.17, 15) is 5.11 Å². The van der Waals surface area contributed by atoms with Crippen molar-refractivity contribution >= 4 is 0 Å². The van der Waals surface area contributed by atoms with E-state index >= 15 is 0 Å². The van der Waals surface area contributed by atoms with Gasteiger partial charge in [0.25, 0.3) is 0 Å². The molecule has 1 N–H and O–H groups in total. The van der Waals surface area contributed by atoms with E-state index < -0.39 is 6.10 Å². The van der Waals surface area contributed by atoms with Crippen molar-refractivity contribution in [2.45, 2.75) is 52.4 Å². The third-order valence-corrected chi connectivity index (χ3v) is 5.24. The summed E-state index contributed by atoms with van der Waals surface area (Å²) in [6, 6.07) is 14.7. The number of hydrogen-bond donors (Lipinski definition) is 1. The molecule has 4 nitrogen and oxygen atoms in total. The first-order valence-corrected chi connectivity index (χ1v) is 10.3. The van der Waals surface area contributed by atoms with Crippen molar-refractivity contribution < 1.29 is 14.6 Å². The number of nitrogens with zero attached hydrogens (tertiary/aromatic N) is 1. The zero-order valence-electron chi connectivity index (χ0n) is 17.4. The van der Waals surface area contributed by atoms with Gasteiger partial charge in [-0.15, -0.1) is 0 Å². The third-order valence-electron chi connectivity index (χ3n) is 5.24. The minimum absolute atomic E-state index is 0.262. The fraction of sp³-hybridized carbons (Fsp3) is 0.500. The SMILES string of the molecule is Cc1ccc(CN(CC(O)COc2ccc(C)cc2C)CC2CCCO2)cc1. The number of aliphatic hydroxyl groups is 1. The first kappa shape index (κ1) is 20.8. The fourth-order valence-corrected chi connectivity index (χ4v) is 3.73. The molecule has 1 fully saturated rings. The molecule has 4 heteroatoms. The molecule has 0 aliphatic carbocycles. The van der Waals surface area contributed by atoms with Gasteiger partial charge in [-0.1, -0.05) is 47.5 Å². The van der Waals surface area contributed by atoms with Crippen molar-refractivity contribution in [1.82, 2.24) is 4.90 Å². The number of hydrogen-bond acceptors (Lipinski definition) is 4. The molecule has 1 heterocycles. The molecule has 0 spiro atoms. The maximum Gasteiger partial charge on any atom is 0.122 e. The average Bonchev–Trinajstić information content (AvgIpc) is 3.16. The summed E-state index contributed by atoms with van der Waals surface area (Å²) < 4.78 is 11.7. The van der Waals surface area contributed by atoms with Crippen LogP contribution in [0, 0.1) is 20.8 Å².